The average molecular weight is 405 g/mol. The van der Waals surface area contributed by atoms with Crippen LogP contribution in [0.3, 0.4) is 0 Å². The molecular weight excluding hydrogens is 388 g/mol. The van der Waals surface area contributed by atoms with Gasteiger partial charge in [-0.15, -0.1) is 0 Å². The first-order valence-electron chi connectivity index (χ1n) is 7.14. The molecule has 0 aliphatic carbocycles. The zero-order chi connectivity index (χ0) is 18.2. The van der Waals surface area contributed by atoms with Gasteiger partial charge in [-0.05, 0) is 13.0 Å². The number of hydrogen-bond acceptors (Lipinski definition) is 10. The summed E-state index contributed by atoms with van der Waals surface area (Å²) >= 11 is 11.5. The van der Waals surface area contributed by atoms with Gasteiger partial charge in [0.2, 0.25) is 5.75 Å². The molecule has 0 fully saturated rings. The summed E-state index contributed by atoms with van der Waals surface area (Å²) in [4.78, 5) is 23.6. The number of anilines is 1. The van der Waals surface area contributed by atoms with E-state index in [1.807, 2.05) is 6.92 Å². The summed E-state index contributed by atoms with van der Waals surface area (Å²) in [6, 6.07) is 1.74. The van der Waals surface area contributed by atoms with E-state index in [9.17, 15) is 5.11 Å². The SMILES string of the molecule is CCN(S)c1nccc(Sc2cnc(Cl)c(CO)n2)c1OOCOC. The number of nitrogens with zero attached hydrogens (tertiary/aromatic N) is 4. The van der Waals surface area contributed by atoms with Gasteiger partial charge in [0.1, 0.15) is 10.7 Å². The number of aromatic nitrogens is 3. The normalized spacial score (nSPS) is 10.8. The Morgan fingerprint density at radius 1 is 1.40 bits per heavy atom. The number of aliphatic hydroxyl groups excluding tert-OH is 1. The van der Waals surface area contributed by atoms with E-state index in [0.29, 0.717) is 33.7 Å². The third-order valence-corrected chi connectivity index (χ3v) is 4.57. The topological polar surface area (TPSA) is 89.8 Å². The maximum absolute atomic E-state index is 9.27. The summed E-state index contributed by atoms with van der Waals surface area (Å²) in [7, 11) is 1.49. The Hall–Kier alpha value is -1.30. The van der Waals surface area contributed by atoms with Crippen molar-refractivity contribution < 1.29 is 19.6 Å². The minimum Gasteiger partial charge on any atom is -0.390 e. The van der Waals surface area contributed by atoms with Crippen LogP contribution in [0.4, 0.5) is 5.82 Å². The number of pyridine rings is 1. The molecule has 2 aromatic heterocycles. The Balaban J connectivity index is 2.35. The van der Waals surface area contributed by atoms with Crippen LogP contribution in [-0.2, 0) is 16.2 Å². The van der Waals surface area contributed by atoms with Gasteiger partial charge in [-0.2, -0.15) is 4.89 Å². The van der Waals surface area contributed by atoms with Crippen molar-refractivity contribution in [2.45, 2.75) is 23.5 Å². The number of halogens is 1. The molecular formula is C14H17ClN4O4S2. The Labute approximate surface area is 160 Å². The fraction of sp³-hybridized carbons (Fsp3) is 0.357. The van der Waals surface area contributed by atoms with Gasteiger partial charge in [0, 0.05) is 19.9 Å². The van der Waals surface area contributed by atoms with Crippen LogP contribution >= 0.6 is 36.2 Å². The standard InChI is InChI=1S/C14H17ClN4O4S2/c1-3-19(24)14-12(23-22-8-21-2)10(4-5-16-14)25-11-6-17-13(15)9(7-20)18-11/h4-6,20,24H,3,7-8H2,1-2H3. The highest BCUT2D eigenvalue weighted by atomic mass is 35.5. The quantitative estimate of drug-likeness (QED) is 0.215. The highest BCUT2D eigenvalue weighted by Gasteiger charge is 2.18. The molecule has 0 saturated heterocycles. The minimum absolute atomic E-state index is 0.0491. The molecule has 2 heterocycles. The summed E-state index contributed by atoms with van der Waals surface area (Å²) in [5.74, 6) is 0.847. The smallest absolute Gasteiger partial charge is 0.222 e. The first-order chi connectivity index (χ1) is 12.1. The van der Waals surface area contributed by atoms with E-state index in [1.165, 1.54) is 25.1 Å². The fourth-order valence-electron chi connectivity index (χ4n) is 1.70. The van der Waals surface area contributed by atoms with Gasteiger partial charge in [-0.25, -0.2) is 15.0 Å². The molecule has 0 unspecified atom stereocenters. The monoisotopic (exact) mass is 404 g/mol. The number of thiol groups is 1. The van der Waals surface area contributed by atoms with Crippen LogP contribution < -0.4 is 9.19 Å². The molecule has 0 radical (unpaired) electrons. The van der Waals surface area contributed by atoms with Crippen LogP contribution in [-0.4, -0.2) is 40.5 Å². The second-order valence-corrected chi connectivity index (χ2v) is 6.39. The van der Waals surface area contributed by atoms with Gasteiger partial charge >= 0.3 is 0 Å². The number of ether oxygens (including phenoxy) is 1. The Morgan fingerprint density at radius 2 is 2.20 bits per heavy atom. The Morgan fingerprint density at radius 3 is 2.88 bits per heavy atom. The van der Waals surface area contributed by atoms with E-state index < -0.39 is 0 Å². The molecule has 0 atom stereocenters. The van der Waals surface area contributed by atoms with Crippen LogP contribution in [0.15, 0.2) is 28.4 Å². The van der Waals surface area contributed by atoms with Crippen LogP contribution in [0.2, 0.25) is 5.15 Å². The molecule has 0 aliphatic rings. The fourth-order valence-corrected chi connectivity index (χ4v) is 2.83. The molecule has 1 N–H and O–H groups in total. The van der Waals surface area contributed by atoms with Crippen molar-refractivity contribution in [3.05, 3.63) is 29.3 Å². The van der Waals surface area contributed by atoms with Crippen LogP contribution in [0.25, 0.3) is 0 Å². The number of hydrogen-bond donors (Lipinski definition) is 2. The summed E-state index contributed by atoms with van der Waals surface area (Å²) in [6.07, 6.45) is 3.13. The highest BCUT2D eigenvalue weighted by molar-refractivity contribution is 7.99. The zero-order valence-corrected chi connectivity index (χ0v) is 16.0. The van der Waals surface area contributed by atoms with Gasteiger partial charge in [0.25, 0.3) is 0 Å². The lowest BCUT2D eigenvalue weighted by Gasteiger charge is -2.19. The lowest BCUT2D eigenvalue weighted by Crippen LogP contribution is -2.13. The zero-order valence-electron chi connectivity index (χ0n) is 13.5. The molecule has 0 saturated carbocycles. The predicted molar refractivity (Wildman–Crippen MR) is 96.9 cm³/mol. The van der Waals surface area contributed by atoms with E-state index in [1.54, 1.807) is 16.6 Å². The van der Waals surface area contributed by atoms with Gasteiger partial charge in [0.15, 0.2) is 17.8 Å². The molecule has 0 bridgehead atoms. The minimum atomic E-state index is -0.303. The molecule has 8 nitrogen and oxygen atoms in total. The van der Waals surface area contributed by atoms with E-state index in [-0.39, 0.29) is 18.6 Å². The van der Waals surface area contributed by atoms with Crippen LogP contribution in [0.1, 0.15) is 12.6 Å². The maximum atomic E-state index is 9.27. The number of aliphatic hydroxyl groups is 1. The summed E-state index contributed by atoms with van der Waals surface area (Å²) < 4.78 is 6.43. The molecule has 0 aliphatic heterocycles. The Kier molecular flexibility index (Phi) is 8.00. The number of rotatable bonds is 9. The third-order valence-electron chi connectivity index (χ3n) is 2.84. The number of methoxy groups -OCH3 is 1. The second-order valence-electron chi connectivity index (χ2n) is 4.49. The summed E-state index contributed by atoms with van der Waals surface area (Å²) in [5.41, 5.74) is 0.295. The highest BCUT2D eigenvalue weighted by Crippen LogP contribution is 2.40. The molecule has 11 heteroatoms. The summed E-state index contributed by atoms with van der Waals surface area (Å²) in [6.45, 7) is 2.17. The lowest BCUT2D eigenvalue weighted by molar-refractivity contribution is -0.261. The van der Waals surface area contributed by atoms with Gasteiger partial charge in [-0.1, -0.05) is 36.2 Å². The van der Waals surface area contributed by atoms with Gasteiger partial charge in [-0.3, -0.25) is 0 Å². The molecule has 136 valence electrons. The average Bonchev–Trinajstić information content (AvgIpc) is 2.63. The molecule has 25 heavy (non-hydrogen) atoms. The Bertz CT molecular complexity index is 711. The van der Waals surface area contributed by atoms with Crippen molar-refractivity contribution >= 4 is 42.0 Å². The molecule has 0 aromatic carbocycles. The summed E-state index contributed by atoms with van der Waals surface area (Å²) in [5, 5.41) is 9.97. The predicted octanol–water partition coefficient (Wildman–Crippen LogP) is 2.75. The van der Waals surface area contributed by atoms with Crippen LogP contribution in [0.5, 0.6) is 5.75 Å². The van der Waals surface area contributed by atoms with Crippen molar-refractivity contribution in [3.8, 4) is 5.75 Å². The maximum Gasteiger partial charge on any atom is 0.222 e. The van der Waals surface area contributed by atoms with Gasteiger partial charge in [0.05, 0.1) is 17.7 Å². The van der Waals surface area contributed by atoms with E-state index in [4.69, 9.17) is 26.1 Å². The van der Waals surface area contributed by atoms with Crippen molar-refractivity contribution in [2.24, 2.45) is 0 Å². The second kappa shape index (κ2) is 10.00. The van der Waals surface area contributed by atoms with E-state index in [2.05, 4.69) is 27.8 Å². The van der Waals surface area contributed by atoms with E-state index in [0.717, 1.165) is 0 Å². The van der Waals surface area contributed by atoms with Crippen molar-refractivity contribution in [3.63, 3.8) is 0 Å². The third kappa shape index (κ3) is 5.33. The van der Waals surface area contributed by atoms with Gasteiger partial charge < -0.3 is 19.0 Å². The van der Waals surface area contributed by atoms with Crippen molar-refractivity contribution in [1.82, 2.24) is 15.0 Å². The largest absolute Gasteiger partial charge is 0.390 e. The first-order valence-corrected chi connectivity index (χ1v) is 8.74. The lowest BCUT2D eigenvalue weighted by atomic mass is 10.4. The van der Waals surface area contributed by atoms with Crippen molar-refractivity contribution in [1.29, 1.82) is 0 Å². The molecule has 0 spiro atoms. The molecule has 2 rings (SSSR count). The van der Waals surface area contributed by atoms with Crippen molar-refractivity contribution in [2.75, 3.05) is 24.8 Å². The van der Waals surface area contributed by atoms with E-state index >= 15 is 0 Å². The molecule has 2 aromatic rings. The van der Waals surface area contributed by atoms with Crippen LogP contribution in [0, 0.1) is 0 Å². The molecule has 0 amide bonds. The first kappa shape index (κ1) is 20.0.